The molecule has 0 aliphatic heterocycles. The van der Waals surface area contributed by atoms with Crippen molar-refractivity contribution in [3.8, 4) is 0 Å². The Labute approximate surface area is 103 Å². The molecule has 0 saturated heterocycles. The standard InChI is InChI=1S/C11H13N3O4/c12-8-4-2-1-3-7(8)5-10(16)18-6-9(15)14-11(13)17/h1-4H,5-6,12H2,(H3,13,14,15,17). The van der Waals surface area contributed by atoms with Gasteiger partial charge in [0.25, 0.3) is 5.91 Å². The molecular weight excluding hydrogens is 238 g/mol. The number of primary amides is 1. The molecule has 0 unspecified atom stereocenters. The van der Waals surface area contributed by atoms with Crippen LogP contribution in [0.3, 0.4) is 0 Å². The van der Waals surface area contributed by atoms with Crippen LogP contribution < -0.4 is 16.8 Å². The largest absolute Gasteiger partial charge is 0.455 e. The molecule has 0 aliphatic carbocycles. The lowest BCUT2D eigenvalue weighted by molar-refractivity contribution is -0.147. The minimum atomic E-state index is -0.997. The molecule has 18 heavy (non-hydrogen) atoms. The van der Waals surface area contributed by atoms with Crippen molar-refractivity contribution in [3.63, 3.8) is 0 Å². The average molecular weight is 251 g/mol. The van der Waals surface area contributed by atoms with Crippen LogP contribution in [-0.2, 0) is 20.7 Å². The number of hydrogen-bond donors (Lipinski definition) is 3. The van der Waals surface area contributed by atoms with E-state index in [4.69, 9.17) is 11.5 Å². The number of nitrogens with one attached hydrogen (secondary N) is 1. The smallest absolute Gasteiger partial charge is 0.318 e. The maximum atomic E-state index is 11.4. The summed E-state index contributed by atoms with van der Waals surface area (Å²) in [6.07, 6.45) is -0.0451. The van der Waals surface area contributed by atoms with Crippen molar-refractivity contribution in [2.45, 2.75) is 6.42 Å². The molecular formula is C11H13N3O4. The van der Waals surface area contributed by atoms with E-state index in [2.05, 4.69) is 4.74 Å². The third kappa shape index (κ3) is 4.52. The number of para-hydroxylation sites is 1. The number of esters is 1. The molecule has 0 saturated carbocycles. The number of ether oxygens (including phenoxy) is 1. The Kier molecular flexibility index (Phi) is 4.67. The lowest BCUT2D eigenvalue weighted by atomic mass is 10.1. The van der Waals surface area contributed by atoms with Crippen LogP contribution in [0.4, 0.5) is 10.5 Å². The first-order valence-electron chi connectivity index (χ1n) is 5.07. The van der Waals surface area contributed by atoms with Gasteiger partial charge in [0.1, 0.15) is 0 Å². The zero-order valence-electron chi connectivity index (χ0n) is 9.51. The maximum Gasteiger partial charge on any atom is 0.318 e. The molecule has 1 rings (SSSR count). The molecule has 0 bridgehead atoms. The van der Waals surface area contributed by atoms with E-state index in [1.807, 2.05) is 0 Å². The summed E-state index contributed by atoms with van der Waals surface area (Å²) in [6, 6.07) is 5.81. The Morgan fingerprint density at radius 2 is 1.89 bits per heavy atom. The van der Waals surface area contributed by atoms with Crippen molar-refractivity contribution in [3.05, 3.63) is 29.8 Å². The maximum absolute atomic E-state index is 11.4. The zero-order valence-corrected chi connectivity index (χ0v) is 9.51. The average Bonchev–Trinajstić information content (AvgIpc) is 2.29. The van der Waals surface area contributed by atoms with Gasteiger partial charge in [-0.25, -0.2) is 4.79 Å². The summed E-state index contributed by atoms with van der Waals surface area (Å²) in [7, 11) is 0. The number of urea groups is 1. The number of hydrogen-bond acceptors (Lipinski definition) is 5. The molecule has 96 valence electrons. The van der Waals surface area contributed by atoms with Gasteiger partial charge in [-0.2, -0.15) is 0 Å². The van der Waals surface area contributed by atoms with Gasteiger partial charge >= 0.3 is 12.0 Å². The predicted molar refractivity (Wildman–Crippen MR) is 63.2 cm³/mol. The SMILES string of the molecule is NC(=O)NC(=O)COC(=O)Cc1ccccc1N. The van der Waals surface area contributed by atoms with Crippen LogP contribution in [0.15, 0.2) is 24.3 Å². The molecule has 0 atom stereocenters. The highest BCUT2D eigenvalue weighted by molar-refractivity contribution is 5.94. The minimum Gasteiger partial charge on any atom is -0.455 e. The molecule has 0 heterocycles. The second-order valence-electron chi connectivity index (χ2n) is 3.45. The Hall–Kier alpha value is -2.57. The Morgan fingerprint density at radius 3 is 2.50 bits per heavy atom. The highest BCUT2D eigenvalue weighted by atomic mass is 16.5. The van der Waals surface area contributed by atoms with E-state index in [0.29, 0.717) is 11.3 Å². The van der Waals surface area contributed by atoms with Crippen molar-refractivity contribution >= 4 is 23.6 Å². The number of benzene rings is 1. The highest BCUT2D eigenvalue weighted by Gasteiger charge is 2.10. The van der Waals surface area contributed by atoms with Crippen LogP contribution in [0, 0.1) is 0 Å². The third-order valence-electron chi connectivity index (χ3n) is 2.02. The summed E-state index contributed by atoms with van der Waals surface area (Å²) in [5.41, 5.74) is 11.4. The van der Waals surface area contributed by atoms with Gasteiger partial charge in [0.2, 0.25) is 0 Å². The summed E-state index contributed by atoms with van der Waals surface area (Å²) in [6.45, 7) is -0.561. The molecule has 0 spiro atoms. The second-order valence-corrected chi connectivity index (χ2v) is 3.45. The van der Waals surface area contributed by atoms with Crippen molar-refractivity contribution in [2.24, 2.45) is 5.73 Å². The number of imide groups is 1. The van der Waals surface area contributed by atoms with Gasteiger partial charge in [-0.3, -0.25) is 14.9 Å². The van der Waals surface area contributed by atoms with Crippen molar-refractivity contribution in [2.75, 3.05) is 12.3 Å². The lowest BCUT2D eigenvalue weighted by Gasteiger charge is -2.06. The Balaban J connectivity index is 2.41. The molecule has 0 fully saturated rings. The second kappa shape index (κ2) is 6.24. The number of rotatable bonds is 4. The topological polar surface area (TPSA) is 125 Å². The van der Waals surface area contributed by atoms with Gasteiger partial charge in [-0.1, -0.05) is 18.2 Å². The van der Waals surface area contributed by atoms with E-state index in [-0.39, 0.29) is 6.42 Å². The molecule has 0 radical (unpaired) electrons. The zero-order chi connectivity index (χ0) is 13.5. The van der Waals surface area contributed by atoms with Crippen LogP contribution in [0.2, 0.25) is 0 Å². The van der Waals surface area contributed by atoms with E-state index in [1.165, 1.54) is 0 Å². The van der Waals surface area contributed by atoms with E-state index >= 15 is 0 Å². The minimum absolute atomic E-state index is 0.0451. The van der Waals surface area contributed by atoms with E-state index in [1.54, 1.807) is 29.6 Å². The Morgan fingerprint density at radius 1 is 1.22 bits per heavy atom. The first kappa shape index (κ1) is 13.5. The summed E-state index contributed by atoms with van der Waals surface area (Å²) in [4.78, 5) is 32.7. The van der Waals surface area contributed by atoms with Gasteiger partial charge in [0.05, 0.1) is 6.42 Å². The molecule has 1 aromatic rings. The molecule has 5 N–H and O–H groups in total. The fourth-order valence-electron chi connectivity index (χ4n) is 1.22. The quantitative estimate of drug-likeness (QED) is 0.493. The van der Waals surface area contributed by atoms with Crippen molar-refractivity contribution < 1.29 is 19.1 Å². The van der Waals surface area contributed by atoms with Crippen LogP contribution in [-0.4, -0.2) is 24.5 Å². The Bertz CT molecular complexity index is 473. The van der Waals surface area contributed by atoms with Crippen molar-refractivity contribution in [1.82, 2.24) is 5.32 Å². The number of carbonyl (C=O) groups is 3. The molecule has 1 aromatic carbocycles. The monoisotopic (exact) mass is 251 g/mol. The molecule has 0 aliphatic rings. The van der Waals surface area contributed by atoms with Gasteiger partial charge in [-0.15, -0.1) is 0 Å². The highest BCUT2D eigenvalue weighted by Crippen LogP contribution is 2.11. The summed E-state index contributed by atoms with van der Waals surface area (Å²) >= 11 is 0. The van der Waals surface area contributed by atoms with E-state index < -0.39 is 24.5 Å². The number of anilines is 1. The normalized spacial score (nSPS) is 9.56. The fraction of sp³-hybridized carbons (Fsp3) is 0.182. The first-order valence-corrected chi connectivity index (χ1v) is 5.07. The van der Waals surface area contributed by atoms with Crippen LogP contribution in [0.25, 0.3) is 0 Å². The van der Waals surface area contributed by atoms with E-state index in [9.17, 15) is 14.4 Å². The summed E-state index contributed by atoms with van der Waals surface area (Å²) < 4.78 is 4.65. The van der Waals surface area contributed by atoms with E-state index in [0.717, 1.165) is 0 Å². The fourth-order valence-corrected chi connectivity index (χ4v) is 1.22. The molecule has 7 heteroatoms. The molecule has 7 nitrogen and oxygen atoms in total. The number of carbonyl (C=O) groups excluding carboxylic acids is 3. The number of nitrogen functional groups attached to an aromatic ring is 1. The van der Waals surface area contributed by atoms with Crippen molar-refractivity contribution in [1.29, 1.82) is 0 Å². The number of nitrogens with two attached hydrogens (primary N) is 2. The molecule has 3 amide bonds. The summed E-state index contributed by atoms with van der Waals surface area (Å²) in [5, 5.41) is 1.77. The van der Waals surface area contributed by atoms with Crippen LogP contribution in [0.1, 0.15) is 5.56 Å². The first-order chi connectivity index (χ1) is 8.49. The van der Waals surface area contributed by atoms with Crippen LogP contribution in [0.5, 0.6) is 0 Å². The van der Waals surface area contributed by atoms with Gasteiger partial charge < -0.3 is 16.2 Å². The summed E-state index contributed by atoms with van der Waals surface area (Å²) in [5.74, 6) is -1.40. The van der Waals surface area contributed by atoms with Gasteiger partial charge in [0, 0.05) is 5.69 Å². The number of amides is 3. The van der Waals surface area contributed by atoms with Crippen LogP contribution >= 0.6 is 0 Å². The molecule has 0 aromatic heterocycles. The van der Waals surface area contributed by atoms with Gasteiger partial charge in [-0.05, 0) is 11.6 Å². The third-order valence-corrected chi connectivity index (χ3v) is 2.02. The van der Waals surface area contributed by atoms with Gasteiger partial charge in [0.15, 0.2) is 6.61 Å². The predicted octanol–water partition coefficient (Wildman–Crippen LogP) is -0.451. The lowest BCUT2D eigenvalue weighted by Crippen LogP contribution is -2.37.